The number of hydrogen-bond donors (Lipinski definition) is 1. The van der Waals surface area contributed by atoms with Gasteiger partial charge in [-0.25, -0.2) is 0 Å². The Kier molecular flexibility index (Phi) is 5.80. The zero-order chi connectivity index (χ0) is 15.4. The molecule has 0 aliphatic rings. The predicted molar refractivity (Wildman–Crippen MR) is 64.5 cm³/mol. The van der Waals surface area contributed by atoms with Crippen molar-refractivity contribution in [3.63, 3.8) is 0 Å². The quantitative estimate of drug-likeness (QED) is 0.797. The van der Waals surface area contributed by atoms with Crippen LogP contribution in [0.25, 0.3) is 0 Å². The molecular formula is C11H20F3N3O2. The Morgan fingerprint density at radius 2 is 1.63 bits per heavy atom. The molecule has 8 heteroatoms. The molecule has 0 fully saturated rings. The minimum Gasteiger partial charge on any atom is -0.347 e. The first-order chi connectivity index (χ1) is 8.40. The summed E-state index contributed by atoms with van der Waals surface area (Å²) in [5.41, 5.74) is -1.17. The topological polar surface area (TPSA) is 52.7 Å². The van der Waals surface area contributed by atoms with Crippen molar-refractivity contribution < 1.29 is 22.8 Å². The number of carbonyl (C=O) groups excluding carboxylic acids is 2. The van der Waals surface area contributed by atoms with Crippen LogP contribution < -0.4 is 5.32 Å². The van der Waals surface area contributed by atoms with Crippen molar-refractivity contribution in [1.29, 1.82) is 0 Å². The van der Waals surface area contributed by atoms with E-state index in [1.54, 1.807) is 0 Å². The molecule has 0 rings (SSSR count). The molecule has 5 nitrogen and oxygen atoms in total. The summed E-state index contributed by atoms with van der Waals surface area (Å²) in [5.74, 6) is -1.34. The van der Waals surface area contributed by atoms with Crippen LogP contribution in [-0.2, 0) is 9.59 Å². The summed E-state index contributed by atoms with van der Waals surface area (Å²) >= 11 is 0. The lowest BCUT2D eigenvalue weighted by molar-refractivity contribution is -0.167. The van der Waals surface area contributed by atoms with Gasteiger partial charge in [-0.1, -0.05) is 0 Å². The molecule has 0 unspecified atom stereocenters. The molecule has 0 saturated carbocycles. The Bertz CT molecular complexity index is 341. The average Bonchev–Trinajstić information content (AvgIpc) is 2.24. The third kappa shape index (κ3) is 5.91. The maximum atomic E-state index is 12.5. The van der Waals surface area contributed by atoms with Gasteiger partial charge in [-0.3, -0.25) is 9.59 Å². The molecule has 112 valence electrons. The number of amides is 2. The molecule has 0 saturated heterocycles. The lowest BCUT2D eigenvalue weighted by Crippen LogP contribution is -2.56. The minimum absolute atomic E-state index is 0.513. The third-order valence-corrected chi connectivity index (χ3v) is 2.64. The van der Waals surface area contributed by atoms with Crippen molar-refractivity contribution in [1.82, 2.24) is 15.1 Å². The van der Waals surface area contributed by atoms with Gasteiger partial charge in [0.05, 0.1) is 5.54 Å². The maximum Gasteiger partial charge on any atom is 0.406 e. The standard InChI is InChI=1S/C11H20F3N3O2/c1-10(2,15-3)9(19)17(7-11(12,13)14)6-8(18)16(4)5/h15H,6-7H2,1-5H3. The first-order valence-corrected chi connectivity index (χ1v) is 5.66. The van der Waals surface area contributed by atoms with Crippen LogP contribution in [0.3, 0.4) is 0 Å². The Balaban J connectivity index is 5.07. The van der Waals surface area contributed by atoms with Crippen LogP contribution in [0.4, 0.5) is 13.2 Å². The molecular weight excluding hydrogens is 263 g/mol. The van der Waals surface area contributed by atoms with Gasteiger partial charge in [0.2, 0.25) is 11.8 Å². The molecule has 2 amide bonds. The first kappa shape index (κ1) is 17.7. The van der Waals surface area contributed by atoms with E-state index in [9.17, 15) is 22.8 Å². The van der Waals surface area contributed by atoms with Crippen molar-refractivity contribution in [3.8, 4) is 0 Å². The van der Waals surface area contributed by atoms with Gasteiger partial charge in [-0.05, 0) is 20.9 Å². The number of halogens is 3. The van der Waals surface area contributed by atoms with E-state index in [1.807, 2.05) is 0 Å². The average molecular weight is 283 g/mol. The highest BCUT2D eigenvalue weighted by molar-refractivity contribution is 5.89. The summed E-state index contributed by atoms with van der Waals surface area (Å²) < 4.78 is 37.4. The van der Waals surface area contributed by atoms with Crippen molar-refractivity contribution in [2.24, 2.45) is 0 Å². The van der Waals surface area contributed by atoms with E-state index in [0.717, 1.165) is 4.90 Å². The summed E-state index contributed by atoms with van der Waals surface area (Å²) in [6.45, 7) is 0.866. The summed E-state index contributed by atoms with van der Waals surface area (Å²) in [6, 6.07) is 0. The van der Waals surface area contributed by atoms with Crippen molar-refractivity contribution in [3.05, 3.63) is 0 Å². The summed E-state index contributed by atoms with van der Waals surface area (Å²) in [6.07, 6.45) is -4.55. The number of carbonyl (C=O) groups is 2. The van der Waals surface area contributed by atoms with Crippen LogP contribution in [0.1, 0.15) is 13.8 Å². The van der Waals surface area contributed by atoms with Gasteiger partial charge in [0.1, 0.15) is 13.1 Å². The zero-order valence-electron chi connectivity index (χ0n) is 11.8. The highest BCUT2D eigenvalue weighted by Crippen LogP contribution is 2.19. The second-order valence-electron chi connectivity index (χ2n) is 4.94. The molecule has 0 spiro atoms. The number of alkyl halides is 3. The van der Waals surface area contributed by atoms with Gasteiger partial charge in [0, 0.05) is 14.1 Å². The fraction of sp³-hybridized carbons (Fsp3) is 0.818. The molecule has 0 heterocycles. The van der Waals surface area contributed by atoms with Crippen molar-refractivity contribution in [2.45, 2.75) is 25.6 Å². The van der Waals surface area contributed by atoms with Gasteiger partial charge >= 0.3 is 6.18 Å². The fourth-order valence-corrected chi connectivity index (χ4v) is 1.22. The maximum absolute atomic E-state index is 12.5. The fourth-order valence-electron chi connectivity index (χ4n) is 1.22. The lowest BCUT2D eigenvalue weighted by atomic mass is 10.0. The van der Waals surface area contributed by atoms with Gasteiger partial charge in [-0.15, -0.1) is 0 Å². The van der Waals surface area contributed by atoms with E-state index in [4.69, 9.17) is 0 Å². The molecule has 19 heavy (non-hydrogen) atoms. The number of rotatable bonds is 5. The van der Waals surface area contributed by atoms with Gasteiger partial charge in [-0.2, -0.15) is 13.2 Å². The molecule has 0 radical (unpaired) electrons. The van der Waals surface area contributed by atoms with E-state index in [2.05, 4.69) is 5.32 Å². The summed E-state index contributed by atoms with van der Waals surface area (Å²) in [4.78, 5) is 25.2. The van der Waals surface area contributed by atoms with Crippen LogP contribution in [-0.4, -0.2) is 67.6 Å². The molecule has 0 aromatic carbocycles. The third-order valence-electron chi connectivity index (χ3n) is 2.64. The van der Waals surface area contributed by atoms with Gasteiger partial charge < -0.3 is 15.1 Å². The Hall–Kier alpha value is -1.31. The van der Waals surface area contributed by atoms with Crippen LogP contribution >= 0.6 is 0 Å². The number of nitrogens with zero attached hydrogens (tertiary/aromatic N) is 2. The van der Waals surface area contributed by atoms with Gasteiger partial charge in [0.25, 0.3) is 0 Å². The number of likely N-dealkylation sites (N-methyl/N-ethyl adjacent to an activating group) is 2. The first-order valence-electron chi connectivity index (χ1n) is 5.66. The van der Waals surface area contributed by atoms with E-state index >= 15 is 0 Å². The monoisotopic (exact) mass is 283 g/mol. The Morgan fingerprint density at radius 1 is 1.16 bits per heavy atom. The number of hydrogen-bond acceptors (Lipinski definition) is 3. The predicted octanol–water partition coefficient (Wildman–Crippen LogP) is 0.463. The molecule has 0 bridgehead atoms. The molecule has 0 atom stereocenters. The Morgan fingerprint density at radius 3 is 1.95 bits per heavy atom. The molecule has 0 aliphatic carbocycles. The van der Waals surface area contributed by atoms with Crippen LogP contribution in [0.15, 0.2) is 0 Å². The summed E-state index contributed by atoms with van der Waals surface area (Å²) in [5, 5.41) is 2.63. The number of nitrogens with one attached hydrogen (secondary N) is 1. The normalized spacial score (nSPS) is 12.2. The van der Waals surface area contributed by atoms with Crippen LogP contribution in [0.2, 0.25) is 0 Å². The van der Waals surface area contributed by atoms with Crippen LogP contribution in [0.5, 0.6) is 0 Å². The van der Waals surface area contributed by atoms with E-state index in [0.29, 0.717) is 4.90 Å². The van der Waals surface area contributed by atoms with Crippen molar-refractivity contribution in [2.75, 3.05) is 34.2 Å². The largest absolute Gasteiger partial charge is 0.406 e. The zero-order valence-corrected chi connectivity index (χ0v) is 11.8. The van der Waals surface area contributed by atoms with E-state index in [-0.39, 0.29) is 0 Å². The van der Waals surface area contributed by atoms with Gasteiger partial charge in [0.15, 0.2) is 0 Å². The smallest absolute Gasteiger partial charge is 0.347 e. The second-order valence-corrected chi connectivity index (χ2v) is 4.94. The second kappa shape index (κ2) is 6.23. The molecule has 0 aromatic rings. The van der Waals surface area contributed by atoms with Crippen LogP contribution in [0, 0.1) is 0 Å². The SMILES string of the molecule is CNC(C)(C)C(=O)N(CC(=O)N(C)C)CC(F)(F)F. The van der Waals surface area contributed by atoms with E-state index in [1.165, 1.54) is 35.0 Å². The van der Waals surface area contributed by atoms with Crippen molar-refractivity contribution >= 4 is 11.8 Å². The van der Waals surface area contributed by atoms with E-state index < -0.39 is 36.6 Å². The highest BCUT2D eigenvalue weighted by Gasteiger charge is 2.38. The lowest BCUT2D eigenvalue weighted by Gasteiger charge is -2.32. The minimum atomic E-state index is -4.55. The molecule has 0 aliphatic heterocycles. The molecule has 0 aromatic heterocycles. The summed E-state index contributed by atoms with van der Waals surface area (Å²) in [7, 11) is 4.31. The Labute approximate surface area is 110 Å². The highest BCUT2D eigenvalue weighted by atomic mass is 19.4. The molecule has 1 N–H and O–H groups in total.